The van der Waals surface area contributed by atoms with Crippen LogP contribution in [0.15, 0.2) is 0 Å². The highest BCUT2D eigenvalue weighted by Crippen LogP contribution is 2.25. The molecule has 0 spiro atoms. The van der Waals surface area contributed by atoms with Gasteiger partial charge in [-0.25, -0.2) is 5.06 Å². The summed E-state index contributed by atoms with van der Waals surface area (Å²) in [5.41, 5.74) is -0.558. The van der Waals surface area contributed by atoms with Crippen molar-refractivity contribution in [1.82, 2.24) is 5.06 Å². The molecule has 1 rings (SSSR count). The summed E-state index contributed by atoms with van der Waals surface area (Å²) >= 11 is 0. The number of carbonyl (C=O) groups excluding carboxylic acids is 2. The molecule has 1 amide bonds. The summed E-state index contributed by atoms with van der Waals surface area (Å²) in [6.07, 6.45) is 0.680. The average Bonchev–Trinajstić information content (AvgIpc) is 2.46. The number of nitrogens with zero attached hydrogens (tertiary/aromatic N) is 1. The van der Waals surface area contributed by atoms with Crippen LogP contribution in [-0.2, 0) is 19.2 Å². The van der Waals surface area contributed by atoms with E-state index in [1.165, 1.54) is 18.9 Å². The zero-order valence-electron chi connectivity index (χ0n) is 8.70. The summed E-state index contributed by atoms with van der Waals surface area (Å²) in [7, 11) is 0. The van der Waals surface area contributed by atoms with Gasteiger partial charge >= 0.3 is 5.97 Å². The van der Waals surface area contributed by atoms with Gasteiger partial charge in [-0.3, -0.25) is 14.4 Å². The Morgan fingerprint density at radius 2 is 2.14 bits per heavy atom. The molecule has 1 unspecified atom stereocenters. The second kappa shape index (κ2) is 3.96. The lowest BCUT2D eigenvalue weighted by Crippen LogP contribution is -2.34. The minimum absolute atomic E-state index is 0.128. The van der Waals surface area contributed by atoms with Gasteiger partial charge in [0, 0.05) is 20.3 Å². The molecule has 14 heavy (non-hydrogen) atoms. The molecule has 0 aromatic rings. The first-order valence-corrected chi connectivity index (χ1v) is 4.53. The molecule has 0 bridgehead atoms. The van der Waals surface area contributed by atoms with Crippen LogP contribution in [0.1, 0.15) is 27.2 Å². The van der Waals surface area contributed by atoms with Gasteiger partial charge in [0.05, 0.1) is 6.54 Å². The fraction of sp³-hybridized carbons (Fsp3) is 0.778. The Bertz CT molecular complexity index is 253. The molecule has 5 heteroatoms. The highest BCUT2D eigenvalue weighted by atomic mass is 16.7. The Balaban J connectivity index is 2.45. The summed E-state index contributed by atoms with van der Waals surface area (Å²) in [4.78, 5) is 26.9. The lowest BCUT2D eigenvalue weighted by Gasteiger charge is -2.23. The molecule has 1 heterocycles. The maximum absolute atomic E-state index is 11.0. The third-order valence-electron chi connectivity index (χ3n) is 2.11. The third kappa shape index (κ3) is 2.70. The van der Waals surface area contributed by atoms with Gasteiger partial charge in [-0.15, -0.1) is 0 Å². The molecule has 0 aliphatic carbocycles. The van der Waals surface area contributed by atoms with Gasteiger partial charge in [-0.05, 0) is 6.92 Å². The van der Waals surface area contributed by atoms with Crippen LogP contribution in [-0.4, -0.2) is 35.7 Å². The average molecular weight is 201 g/mol. The molecular weight excluding hydrogens is 186 g/mol. The Morgan fingerprint density at radius 3 is 2.57 bits per heavy atom. The van der Waals surface area contributed by atoms with E-state index in [-0.39, 0.29) is 18.5 Å². The largest absolute Gasteiger partial charge is 0.463 e. The van der Waals surface area contributed by atoms with Crippen LogP contribution in [0, 0.1) is 0 Å². The second-order valence-corrected chi connectivity index (χ2v) is 3.69. The summed E-state index contributed by atoms with van der Waals surface area (Å²) < 4.78 is 4.85. The SMILES string of the molecule is CC(=O)OCC1(C)CCN(C(C)=O)O1. The maximum Gasteiger partial charge on any atom is 0.302 e. The quantitative estimate of drug-likeness (QED) is 0.610. The van der Waals surface area contributed by atoms with E-state index in [0.717, 1.165) is 0 Å². The molecule has 1 aliphatic rings. The Morgan fingerprint density at radius 1 is 1.50 bits per heavy atom. The molecule has 0 aromatic carbocycles. The fourth-order valence-electron chi connectivity index (χ4n) is 1.27. The van der Waals surface area contributed by atoms with E-state index in [4.69, 9.17) is 9.57 Å². The molecule has 1 fully saturated rings. The summed E-state index contributed by atoms with van der Waals surface area (Å²) in [5, 5.41) is 1.30. The molecule has 1 aliphatic heterocycles. The minimum atomic E-state index is -0.558. The standard InChI is InChI=1S/C9H15NO4/c1-7(11)10-5-4-9(3,14-10)6-13-8(2)12/h4-6H2,1-3H3. The van der Waals surface area contributed by atoms with Gasteiger partial charge < -0.3 is 4.74 Å². The number of hydrogen-bond donors (Lipinski definition) is 0. The lowest BCUT2D eigenvalue weighted by atomic mass is 10.1. The van der Waals surface area contributed by atoms with E-state index in [0.29, 0.717) is 13.0 Å². The molecule has 0 N–H and O–H groups in total. The van der Waals surface area contributed by atoms with E-state index >= 15 is 0 Å². The highest BCUT2D eigenvalue weighted by Gasteiger charge is 2.37. The van der Waals surface area contributed by atoms with Crippen molar-refractivity contribution in [2.24, 2.45) is 0 Å². The van der Waals surface area contributed by atoms with Crippen LogP contribution < -0.4 is 0 Å². The van der Waals surface area contributed by atoms with Crippen molar-refractivity contribution in [3.05, 3.63) is 0 Å². The van der Waals surface area contributed by atoms with E-state index in [1.807, 2.05) is 6.92 Å². The van der Waals surface area contributed by atoms with Crippen LogP contribution in [0.4, 0.5) is 0 Å². The zero-order chi connectivity index (χ0) is 10.8. The fourth-order valence-corrected chi connectivity index (χ4v) is 1.27. The first kappa shape index (κ1) is 11.0. The molecule has 1 atom stereocenters. The first-order valence-electron chi connectivity index (χ1n) is 4.53. The van der Waals surface area contributed by atoms with Crippen molar-refractivity contribution >= 4 is 11.9 Å². The van der Waals surface area contributed by atoms with Gasteiger partial charge in [-0.2, -0.15) is 0 Å². The van der Waals surface area contributed by atoms with Crippen LogP contribution in [0.5, 0.6) is 0 Å². The minimum Gasteiger partial charge on any atom is -0.463 e. The summed E-state index contributed by atoms with van der Waals surface area (Å²) in [5.74, 6) is -0.465. The van der Waals surface area contributed by atoms with Crippen molar-refractivity contribution in [2.45, 2.75) is 32.8 Å². The number of hydroxylamine groups is 2. The summed E-state index contributed by atoms with van der Waals surface area (Å²) in [6, 6.07) is 0. The second-order valence-electron chi connectivity index (χ2n) is 3.69. The van der Waals surface area contributed by atoms with Crippen molar-refractivity contribution in [3.63, 3.8) is 0 Å². The Kier molecular flexibility index (Phi) is 3.10. The molecule has 5 nitrogen and oxygen atoms in total. The van der Waals surface area contributed by atoms with Gasteiger partial charge in [0.25, 0.3) is 0 Å². The predicted molar refractivity (Wildman–Crippen MR) is 48.1 cm³/mol. The molecule has 80 valence electrons. The molecule has 1 saturated heterocycles. The molecule has 0 aromatic heterocycles. The number of hydrogen-bond acceptors (Lipinski definition) is 4. The van der Waals surface area contributed by atoms with Crippen LogP contribution in [0.25, 0.3) is 0 Å². The van der Waals surface area contributed by atoms with Crippen LogP contribution >= 0.6 is 0 Å². The molecule has 0 saturated carbocycles. The van der Waals surface area contributed by atoms with E-state index in [2.05, 4.69) is 0 Å². The Hall–Kier alpha value is -1.10. The van der Waals surface area contributed by atoms with Gasteiger partial charge in [0.1, 0.15) is 12.2 Å². The van der Waals surface area contributed by atoms with Crippen LogP contribution in [0.3, 0.4) is 0 Å². The third-order valence-corrected chi connectivity index (χ3v) is 2.11. The van der Waals surface area contributed by atoms with E-state index in [9.17, 15) is 9.59 Å². The highest BCUT2D eigenvalue weighted by molar-refractivity contribution is 5.72. The number of esters is 1. The number of carbonyl (C=O) groups is 2. The monoisotopic (exact) mass is 201 g/mol. The number of rotatable bonds is 2. The normalized spacial score (nSPS) is 26.4. The van der Waals surface area contributed by atoms with Gasteiger partial charge in [0.2, 0.25) is 5.91 Å². The Labute approximate surface area is 82.9 Å². The topological polar surface area (TPSA) is 55.8 Å². The van der Waals surface area contributed by atoms with Gasteiger partial charge in [-0.1, -0.05) is 0 Å². The number of ether oxygens (including phenoxy) is 1. The van der Waals surface area contributed by atoms with Crippen molar-refractivity contribution in [2.75, 3.05) is 13.2 Å². The van der Waals surface area contributed by atoms with E-state index in [1.54, 1.807) is 0 Å². The first-order chi connectivity index (χ1) is 6.43. The van der Waals surface area contributed by atoms with E-state index < -0.39 is 5.60 Å². The van der Waals surface area contributed by atoms with Crippen molar-refractivity contribution < 1.29 is 19.2 Å². The maximum atomic E-state index is 11.0. The van der Waals surface area contributed by atoms with Crippen LogP contribution in [0.2, 0.25) is 0 Å². The van der Waals surface area contributed by atoms with Gasteiger partial charge in [0.15, 0.2) is 0 Å². The summed E-state index contributed by atoms with van der Waals surface area (Å²) in [6.45, 7) is 5.34. The number of amides is 1. The van der Waals surface area contributed by atoms with Crippen molar-refractivity contribution in [1.29, 1.82) is 0 Å². The molecular formula is C9H15NO4. The van der Waals surface area contributed by atoms with Crippen molar-refractivity contribution in [3.8, 4) is 0 Å². The molecule has 0 radical (unpaired) electrons. The predicted octanol–water partition coefficient (Wildman–Crippen LogP) is 0.492. The lowest BCUT2D eigenvalue weighted by molar-refractivity contribution is -0.208. The zero-order valence-corrected chi connectivity index (χ0v) is 8.70. The smallest absolute Gasteiger partial charge is 0.302 e.